The van der Waals surface area contributed by atoms with Crippen molar-refractivity contribution in [3.8, 4) is 0 Å². The van der Waals surface area contributed by atoms with E-state index < -0.39 is 6.10 Å². The van der Waals surface area contributed by atoms with Gasteiger partial charge in [-0.25, -0.2) is 0 Å². The Bertz CT molecular complexity index is 1140. The summed E-state index contributed by atoms with van der Waals surface area (Å²) in [7, 11) is 0. The largest absolute Gasteiger partial charge is 0.462 e. The van der Waals surface area contributed by atoms with Gasteiger partial charge in [-0.3, -0.25) is 14.4 Å². The second kappa shape index (κ2) is 48.5. The maximum absolute atomic E-state index is 12.7. The fourth-order valence-electron chi connectivity index (χ4n) is 6.76. The lowest BCUT2D eigenvalue weighted by Crippen LogP contribution is -2.30. The van der Waals surface area contributed by atoms with Gasteiger partial charge in [0.1, 0.15) is 13.2 Å². The number of allylic oxidation sites excluding steroid dienone is 12. The van der Waals surface area contributed by atoms with Gasteiger partial charge in [0.05, 0.1) is 0 Å². The van der Waals surface area contributed by atoms with Crippen molar-refractivity contribution >= 4 is 17.9 Å². The third-order valence-electron chi connectivity index (χ3n) is 10.5. The molecule has 1 atom stereocenters. The highest BCUT2D eigenvalue weighted by molar-refractivity contribution is 5.71. The molecule has 0 aliphatic rings. The molecule has 6 heteroatoms. The van der Waals surface area contributed by atoms with Crippen LogP contribution in [0.4, 0.5) is 0 Å². The molecule has 344 valence electrons. The monoisotopic (exact) mass is 837 g/mol. The van der Waals surface area contributed by atoms with Crippen LogP contribution in [0.5, 0.6) is 0 Å². The Kier molecular flexibility index (Phi) is 46.0. The SMILES string of the molecule is CC/C=C\C/C=C\C/C=C\C/C=C\CCCCCC(=O)OC(COC(=O)CCCC/C=C\C/C=C\CC)COC(=O)CCCCCCCCCCCCCCCCCCC. The molecule has 0 aromatic heterocycles. The Hall–Kier alpha value is -3.15. The van der Waals surface area contributed by atoms with E-state index in [-0.39, 0.29) is 37.5 Å². The minimum absolute atomic E-state index is 0.0973. The molecule has 60 heavy (non-hydrogen) atoms. The summed E-state index contributed by atoms with van der Waals surface area (Å²) in [5.74, 6) is -0.967. The number of carbonyl (C=O) groups excluding carboxylic acids is 3. The third-order valence-corrected chi connectivity index (χ3v) is 10.5. The van der Waals surface area contributed by atoms with Gasteiger partial charge < -0.3 is 14.2 Å². The number of hydrogen-bond donors (Lipinski definition) is 0. The van der Waals surface area contributed by atoms with Gasteiger partial charge in [-0.1, -0.05) is 203 Å². The predicted octanol–water partition coefficient (Wildman–Crippen LogP) is 16.3. The van der Waals surface area contributed by atoms with Crippen LogP contribution in [-0.4, -0.2) is 37.2 Å². The van der Waals surface area contributed by atoms with Crippen molar-refractivity contribution < 1.29 is 28.6 Å². The fourth-order valence-corrected chi connectivity index (χ4v) is 6.76. The summed E-state index contributed by atoms with van der Waals surface area (Å²) >= 11 is 0. The first kappa shape index (κ1) is 56.9. The van der Waals surface area contributed by atoms with E-state index in [0.717, 1.165) is 103 Å². The van der Waals surface area contributed by atoms with Crippen LogP contribution >= 0.6 is 0 Å². The summed E-state index contributed by atoms with van der Waals surface area (Å²) in [6.07, 6.45) is 60.5. The number of rotatable bonds is 44. The normalized spacial score (nSPS) is 12.7. The van der Waals surface area contributed by atoms with Crippen LogP contribution in [0, 0.1) is 0 Å². The fraction of sp³-hybridized carbons (Fsp3) is 0.722. The lowest BCUT2D eigenvalue weighted by atomic mass is 10.0. The van der Waals surface area contributed by atoms with Crippen molar-refractivity contribution in [2.75, 3.05) is 13.2 Å². The summed E-state index contributed by atoms with van der Waals surface area (Å²) in [5, 5.41) is 0. The Morgan fingerprint density at radius 2 is 0.650 bits per heavy atom. The van der Waals surface area contributed by atoms with Gasteiger partial charge in [0.25, 0.3) is 0 Å². The summed E-state index contributed by atoms with van der Waals surface area (Å²) in [5.41, 5.74) is 0. The third kappa shape index (κ3) is 45.9. The molecule has 0 radical (unpaired) electrons. The molecule has 1 unspecified atom stereocenters. The zero-order valence-electron chi connectivity index (χ0n) is 39.2. The summed E-state index contributed by atoms with van der Waals surface area (Å²) in [6.45, 7) is 6.34. The second-order valence-corrected chi connectivity index (χ2v) is 16.3. The van der Waals surface area contributed by atoms with Crippen LogP contribution in [-0.2, 0) is 28.6 Å². The van der Waals surface area contributed by atoms with E-state index in [2.05, 4.69) is 93.7 Å². The van der Waals surface area contributed by atoms with E-state index >= 15 is 0 Å². The summed E-state index contributed by atoms with van der Waals surface area (Å²) in [6, 6.07) is 0. The minimum atomic E-state index is -0.801. The molecule has 0 aromatic rings. The molecular weight excluding hydrogens is 745 g/mol. The summed E-state index contributed by atoms with van der Waals surface area (Å²) in [4.78, 5) is 37.8. The average molecular weight is 837 g/mol. The molecule has 0 aromatic carbocycles. The molecule has 0 saturated heterocycles. The quantitative estimate of drug-likeness (QED) is 0.0263. The highest BCUT2D eigenvalue weighted by Crippen LogP contribution is 2.15. The number of unbranched alkanes of at least 4 members (excludes halogenated alkanes) is 21. The molecule has 0 aliphatic carbocycles. The van der Waals surface area contributed by atoms with Crippen molar-refractivity contribution in [3.63, 3.8) is 0 Å². The van der Waals surface area contributed by atoms with E-state index in [9.17, 15) is 14.4 Å². The first-order valence-electron chi connectivity index (χ1n) is 24.9. The summed E-state index contributed by atoms with van der Waals surface area (Å²) < 4.78 is 16.7. The van der Waals surface area contributed by atoms with Crippen LogP contribution in [0.3, 0.4) is 0 Å². The van der Waals surface area contributed by atoms with Crippen molar-refractivity contribution in [2.45, 2.75) is 239 Å². The van der Waals surface area contributed by atoms with Crippen LogP contribution in [0.25, 0.3) is 0 Å². The number of esters is 3. The van der Waals surface area contributed by atoms with Crippen molar-refractivity contribution in [2.24, 2.45) is 0 Å². The van der Waals surface area contributed by atoms with E-state index in [4.69, 9.17) is 14.2 Å². The highest BCUT2D eigenvalue weighted by Gasteiger charge is 2.19. The van der Waals surface area contributed by atoms with Gasteiger partial charge >= 0.3 is 17.9 Å². The van der Waals surface area contributed by atoms with Crippen molar-refractivity contribution in [3.05, 3.63) is 72.9 Å². The molecule has 0 saturated carbocycles. The molecule has 0 rings (SSSR count). The standard InChI is InChI=1S/C54H92O6/c1-4-7-10-13-16-19-21-23-25-27-29-30-32-35-38-41-44-47-53(56)59-50-51(49-58-52(55)46-43-40-37-34-18-15-12-9-6-3)60-54(57)48-45-42-39-36-33-31-28-26-24-22-20-17-14-11-8-5-2/h8-9,11-12,17-18,20,24,26,31,33-34,51H,4-7,10,13-16,19,21-23,25,27-30,32,35-50H2,1-3H3/b11-8-,12-9-,20-17-,26-24-,33-31-,34-18-. The second-order valence-electron chi connectivity index (χ2n) is 16.3. The van der Waals surface area contributed by atoms with Gasteiger partial charge in [0.2, 0.25) is 0 Å². The van der Waals surface area contributed by atoms with E-state index in [1.54, 1.807) is 0 Å². The Morgan fingerprint density at radius 1 is 0.350 bits per heavy atom. The maximum Gasteiger partial charge on any atom is 0.306 e. The minimum Gasteiger partial charge on any atom is -0.462 e. The van der Waals surface area contributed by atoms with Crippen molar-refractivity contribution in [1.82, 2.24) is 0 Å². The first-order chi connectivity index (χ1) is 29.5. The molecular formula is C54H92O6. The van der Waals surface area contributed by atoms with E-state index in [1.165, 1.54) is 89.9 Å². The average Bonchev–Trinajstić information content (AvgIpc) is 3.24. The lowest BCUT2D eigenvalue weighted by molar-refractivity contribution is -0.167. The van der Waals surface area contributed by atoms with Gasteiger partial charge in [-0.15, -0.1) is 0 Å². The maximum atomic E-state index is 12.7. The highest BCUT2D eigenvalue weighted by atomic mass is 16.6. The van der Waals surface area contributed by atoms with Crippen LogP contribution in [0.2, 0.25) is 0 Å². The lowest BCUT2D eigenvalue weighted by Gasteiger charge is -2.18. The Morgan fingerprint density at radius 3 is 1.05 bits per heavy atom. The predicted molar refractivity (Wildman–Crippen MR) is 256 cm³/mol. The van der Waals surface area contributed by atoms with Gasteiger partial charge in [-0.05, 0) is 83.5 Å². The molecule has 0 aliphatic heterocycles. The van der Waals surface area contributed by atoms with Crippen LogP contribution in [0.15, 0.2) is 72.9 Å². The molecule has 0 heterocycles. The van der Waals surface area contributed by atoms with Crippen molar-refractivity contribution in [1.29, 1.82) is 0 Å². The zero-order chi connectivity index (χ0) is 43.7. The van der Waals surface area contributed by atoms with E-state index in [1.807, 2.05) is 0 Å². The Balaban J connectivity index is 4.38. The molecule has 0 bridgehead atoms. The van der Waals surface area contributed by atoms with E-state index in [0.29, 0.717) is 12.8 Å². The van der Waals surface area contributed by atoms with Crippen LogP contribution in [0.1, 0.15) is 233 Å². The number of carbonyl (C=O) groups is 3. The molecule has 0 amide bonds. The molecule has 0 N–H and O–H groups in total. The number of hydrogen-bond acceptors (Lipinski definition) is 6. The first-order valence-corrected chi connectivity index (χ1v) is 24.9. The zero-order valence-corrected chi connectivity index (χ0v) is 39.2. The molecule has 0 spiro atoms. The topological polar surface area (TPSA) is 78.9 Å². The van der Waals surface area contributed by atoms with Gasteiger partial charge in [-0.2, -0.15) is 0 Å². The Labute approximate surface area is 370 Å². The molecule has 0 fully saturated rings. The van der Waals surface area contributed by atoms with Gasteiger partial charge in [0, 0.05) is 19.3 Å². The molecule has 6 nitrogen and oxygen atoms in total. The van der Waals surface area contributed by atoms with Gasteiger partial charge in [0.15, 0.2) is 6.10 Å². The van der Waals surface area contributed by atoms with Crippen LogP contribution < -0.4 is 0 Å². The number of ether oxygens (including phenoxy) is 3. The smallest absolute Gasteiger partial charge is 0.306 e.